The summed E-state index contributed by atoms with van der Waals surface area (Å²) in [5, 5.41) is 3.33. The van der Waals surface area contributed by atoms with Crippen LogP contribution in [0.3, 0.4) is 0 Å². The predicted molar refractivity (Wildman–Crippen MR) is 65.8 cm³/mol. The first-order valence-electron chi connectivity index (χ1n) is 6.49. The molecule has 0 radical (unpaired) electrons. The average Bonchev–Trinajstić information content (AvgIpc) is 2.33. The van der Waals surface area contributed by atoms with Gasteiger partial charge in [-0.3, -0.25) is 4.90 Å². The van der Waals surface area contributed by atoms with Crippen LogP contribution in [-0.4, -0.2) is 63.5 Å². The Morgan fingerprint density at radius 1 is 1.38 bits per heavy atom. The highest BCUT2D eigenvalue weighted by Crippen LogP contribution is 2.04. The monoisotopic (exact) mass is 230 g/mol. The molecule has 1 unspecified atom stereocenters. The van der Waals surface area contributed by atoms with E-state index >= 15 is 0 Å². The van der Waals surface area contributed by atoms with Crippen LogP contribution in [0.5, 0.6) is 0 Å². The van der Waals surface area contributed by atoms with Crippen LogP contribution in [0, 0.1) is 0 Å². The fraction of sp³-hybridized carbons (Fsp3) is 1.00. The van der Waals surface area contributed by atoms with Crippen LogP contribution in [0.2, 0.25) is 0 Å². The number of nitrogens with zero attached hydrogens (tertiary/aromatic N) is 1. The van der Waals surface area contributed by atoms with Crippen molar-refractivity contribution in [2.75, 3.05) is 52.5 Å². The number of hydrogen-bond donors (Lipinski definition) is 1. The zero-order valence-electron chi connectivity index (χ0n) is 10.7. The van der Waals surface area contributed by atoms with Crippen LogP contribution in [-0.2, 0) is 9.47 Å². The Labute approximate surface area is 99.3 Å². The Hall–Kier alpha value is -0.160. The van der Waals surface area contributed by atoms with E-state index in [2.05, 4.69) is 24.1 Å². The van der Waals surface area contributed by atoms with Gasteiger partial charge in [0.1, 0.15) is 0 Å². The largest absolute Gasteiger partial charge is 0.380 e. The van der Waals surface area contributed by atoms with Crippen molar-refractivity contribution in [3.63, 3.8) is 0 Å². The van der Waals surface area contributed by atoms with Gasteiger partial charge in [-0.15, -0.1) is 0 Å². The van der Waals surface area contributed by atoms with Crippen LogP contribution in [0.4, 0.5) is 0 Å². The number of hydrogen-bond acceptors (Lipinski definition) is 4. The molecule has 96 valence electrons. The molecule has 0 bridgehead atoms. The zero-order valence-corrected chi connectivity index (χ0v) is 10.7. The third kappa shape index (κ3) is 5.80. The minimum absolute atomic E-state index is 0.347. The summed E-state index contributed by atoms with van der Waals surface area (Å²) in [7, 11) is 0. The fourth-order valence-corrected chi connectivity index (χ4v) is 1.85. The molecule has 1 fully saturated rings. The average molecular weight is 230 g/mol. The van der Waals surface area contributed by atoms with Gasteiger partial charge in [-0.25, -0.2) is 0 Å². The lowest BCUT2D eigenvalue weighted by atomic mass is 10.2. The molecular weight excluding hydrogens is 204 g/mol. The first-order chi connectivity index (χ1) is 7.86. The van der Waals surface area contributed by atoms with Crippen molar-refractivity contribution >= 4 is 0 Å². The molecule has 1 N–H and O–H groups in total. The summed E-state index contributed by atoms with van der Waals surface area (Å²) in [5.74, 6) is 0. The van der Waals surface area contributed by atoms with E-state index < -0.39 is 0 Å². The second-order valence-electron chi connectivity index (χ2n) is 4.21. The molecule has 1 saturated heterocycles. The van der Waals surface area contributed by atoms with Crippen molar-refractivity contribution in [1.82, 2.24) is 10.2 Å². The van der Waals surface area contributed by atoms with Gasteiger partial charge in [0.05, 0.1) is 19.3 Å². The molecule has 0 amide bonds. The van der Waals surface area contributed by atoms with E-state index in [1.807, 2.05) is 0 Å². The number of nitrogens with one attached hydrogen (secondary N) is 1. The van der Waals surface area contributed by atoms with Gasteiger partial charge >= 0.3 is 0 Å². The van der Waals surface area contributed by atoms with Crippen molar-refractivity contribution in [2.24, 2.45) is 0 Å². The summed E-state index contributed by atoms with van der Waals surface area (Å²) in [5.41, 5.74) is 0. The first kappa shape index (κ1) is 13.9. The maximum atomic E-state index is 5.69. The molecule has 1 rings (SSSR count). The molecular formula is C12H26N2O2. The quantitative estimate of drug-likeness (QED) is 0.623. The first-order valence-corrected chi connectivity index (χ1v) is 6.49. The van der Waals surface area contributed by atoms with Gasteiger partial charge in [-0.2, -0.15) is 0 Å². The summed E-state index contributed by atoms with van der Waals surface area (Å²) in [6.07, 6.45) is 1.45. The van der Waals surface area contributed by atoms with Gasteiger partial charge in [-0.1, -0.05) is 13.8 Å². The Morgan fingerprint density at radius 2 is 2.25 bits per heavy atom. The van der Waals surface area contributed by atoms with E-state index in [0.29, 0.717) is 6.10 Å². The van der Waals surface area contributed by atoms with Crippen LogP contribution in [0.1, 0.15) is 20.3 Å². The molecule has 0 aromatic heterocycles. The van der Waals surface area contributed by atoms with E-state index in [4.69, 9.17) is 9.47 Å². The molecule has 1 heterocycles. The Kier molecular flexibility index (Phi) is 7.76. The van der Waals surface area contributed by atoms with Crippen molar-refractivity contribution in [1.29, 1.82) is 0 Å². The van der Waals surface area contributed by atoms with Gasteiger partial charge in [0.2, 0.25) is 0 Å². The predicted octanol–water partition coefficient (Wildman–Crippen LogP) is 0.723. The zero-order chi connectivity index (χ0) is 11.6. The molecule has 1 atom stereocenters. The van der Waals surface area contributed by atoms with E-state index in [0.717, 1.165) is 59.0 Å². The SMILES string of the molecule is CCCOCCN1CCOC(CNCC)C1. The third-order valence-corrected chi connectivity index (χ3v) is 2.75. The van der Waals surface area contributed by atoms with Crippen LogP contribution < -0.4 is 5.32 Å². The molecule has 4 heteroatoms. The highest BCUT2D eigenvalue weighted by atomic mass is 16.5. The highest BCUT2D eigenvalue weighted by molar-refractivity contribution is 4.72. The minimum atomic E-state index is 0.347. The minimum Gasteiger partial charge on any atom is -0.380 e. The maximum Gasteiger partial charge on any atom is 0.0826 e. The number of morpholine rings is 1. The van der Waals surface area contributed by atoms with E-state index in [-0.39, 0.29) is 0 Å². The van der Waals surface area contributed by atoms with Crippen molar-refractivity contribution < 1.29 is 9.47 Å². The van der Waals surface area contributed by atoms with Gasteiger partial charge in [0, 0.05) is 32.8 Å². The number of likely N-dealkylation sites (N-methyl/N-ethyl adjacent to an activating group) is 1. The molecule has 0 spiro atoms. The molecule has 0 aromatic rings. The van der Waals surface area contributed by atoms with Gasteiger partial charge in [0.15, 0.2) is 0 Å². The summed E-state index contributed by atoms with van der Waals surface area (Å²) in [4.78, 5) is 2.43. The van der Waals surface area contributed by atoms with Gasteiger partial charge < -0.3 is 14.8 Å². The molecule has 0 aliphatic carbocycles. The summed E-state index contributed by atoms with van der Waals surface area (Å²) in [6, 6.07) is 0. The topological polar surface area (TPSA) is 33.7 Å². The Balaban J connectivity index is 2.07. The summed E-state index contributed by atoms with van der Waals surface area (Å²) < 4.78 is 11.2. The van der Waals surface area contributed by atoms with Gasteiger partial charge in [0.25, 0.3) is 0 Å². The molecule has 1 aliphatic rings. The van der Waals surface area contributed by atoms with Crippen molar-refractivity contribution in [2.45, 2.75) is 26.4 Å². The van der Waals surface area contributed by atoms with Crippen molar-refractivity contribution in [3.8, 4) is 0 Å². The Bertz CT molecular complexity index is 167. The fourth-order valence-electron chi connectivity index (χ4n) is 1.85. The molecule has 0 saturated carbocycles. The maximum absolute atomic E-state index is 5.69. The van der Waals surface area contributed by atoms with E-state index in [9.17, 15) is 0 Å². The molecule has 1 aliphatic heterocycles. The second kappa shape index (κ2) is 8.93. The molecule has 0 aromatic carbocycles. The smallest absolute Gasteiger partial charge is 0.0826 e. The molecule has 16 heavy (non-hydrogen) atoms. The van der Waals surface area contributed by atoms with Crippen molar-refractivity contribution in [3.05, 3.63) is 0 Å². The second-order valence-corrected chi connectivity index (χ2v) is 4.21. The van der Waals surface area contributed by atoms with Crippen LogP contribution in [0.25, 0.3) is 0 Å². The number of ether oxygens (including phenoxy) is 2. The standard InChI is InChI=1S/C12H26N2O2/c1-3-7-15-8-5-14-6-9-16-12(11-14)10-13-4-2/h12-13H,3-11H2,1-2H3. The van der Waals surface area contributed by atoms with Gasteiger partial charge in [-0.05, 0) is 13.0 Å². The third-order valence-electron chi connectivity index (χ3n) is 2.75. The lowest BCUT2D eigenvalue weighted by molar-refractivity contribution is -0.0346. The van der Waals surface area contributed by atoms with Crippen LogP contribution in [0.15, 0.2) is 0 Å². The number of rotatable bonds is 8. The summed E-state index contributed by atoms with van der Waals surface area (Å²) in [6.45, 7) is 11.9. The summed E-state index contributed by atoms with van der Waals surface area (Å²) >= 11 is 0. The highest BCUT2D eigenvalue weighted by Gasteiger charge is 2.19. The lowest BCUT2D eigenvalue weighted by Crippen LogP contribution is -2.47. The van der Waals surface area contributed by atoms with E-state index in [1.165, 1.54) is 0 Å². The Morgan fingerprint density at radius 3 is 3.00 bits per heavy atom. The van der Waals surface area contributed by atoms with E-state index in [1.54, 1.807) is 0 Å². The normalized spacial score (nSPS) is 22.5. The lowest BCUT2D eigenvalue weighted by Gasteiger charge is -2.32. The van der Waals surface area contributed by atoms with Crippen LogP contribution >= 0.6 is 0 Å². The molecule has 4 nitrogen and oxygen atoms in total.